The number of aliphatic hydroxyl groups is 1. The van der Waals surface area contributed by atoms with Crippen LogP contribution in [0.1, 0.15) is 63.0 Å². The van der Waals surface area contributed by atoms with Crippen molar-refractivity contribution < 1.29 is 29.2 Å². The molecule has 0 radical (unpaired) electrons. The van der Waals surface area contributed by atoms with Crippen LogP contribution in [0.3, 0.4) is 0 Å². The molecule has 0 amide bonds. The van der Waals surface area contributed by atoms with E-state index in [1.165, 1.54) is 12.0 Å². The predicted molar refractivity (Wildman–Crippen MR) is 116 cm³/mol. The van der Waals surface area contributed by atoms with Crippen LogP contribution in [0.15, 0.2) is 18.2 Å². The Morgan fingerprint density at radius 2 is 2.16 bits per heavy atom. The summed E-state index contributed by atoms with van der Waals surface area (Å²) in [6, 6.07) is 5.93. The first-order valence-corrected chi connectivity index (χ1v) is 12.0. The highest BCUT2D eigenvalue weighted by molar-refractivity contribution is 5.68. The Hall–Kier alpha value is -1.63. The highest BCUT2D eigenvalue weighted by Crippen LogP contribution is 2.48. The fraction of sp³-hybridized carbons (Fsp3) is 0.720. The lowest BCUT2D eigenvalue weighted by Gasteiger charge is -2.33. The Morgan fingerprint density at radius 3 is 2.90 bits per heavy atom. The van der Waals surface area contributed by atoms with Crippen LogP contribution in [-0.4, -0.2) is 47.9 Å². The third kappa shape index (κ3) is 5.41. The molecule has 4 rings (SSSR count). The molecule has 1 aromatic rings. The predicted octanol–water partition coefficient (Wildman–Crippen LogP) is 3.96. The number of rotatable bonds is 9. The molecule has 1 heterocycles. The number of aliphatic carboxylic acids is 1. The molecule has 6 nitrogen and oxygen atoms in total. The quantitative estimate of drug-likeness (QED) is 0.614. The molecule has 172 valence electrons. The van der Waals surface area contributed by atoms with Crippen molar-refractivity contribution >= 4 is 5.97 Å². The number of carbonyl (C=O) groups is 1. The number of carboxylic acid groups (broad SMARTS) is 1. The first-order valence-electron chi connectivity index (χ1n) is 12.0. The molecule has 3 aliphatic rings. The van der Waals surface area contributed by atoms with Gasteiger partial charge in [-0.25, -0.2) is 4.79 Å². The van der Waals surface area contributed by atoms with Gasteiger partial charge in [-0.2, -0.15) is 0 Å². The summed E-state index contributed by atoms with van der Waals surface area (Å²) in [4.78, 5) is 10.9. The largest absolute Gasteiger partial charge is 0.482 e. The lowest BCUT2D eigenvalue weighted by atomic mass is 9.73. The zero-order chi connectivity index (χ0) is 21.8. The van der Waals surface area contributed by atoms with Gasteiger partial charge in [0, 0.05) is 6.61 Å². The third-order valence-corrected chi connectivity index (χ3v) is 7.46. The lowest BCUT2D eigenvalue weighted by Crippen LogP contribution is -2.30. The number of aliphatic hydroxyl groups excluding tert-OH is 1. The first-order chi connectivity index (χ1) is 15.0. The maximum atomic E-state index is 10.9. The molecule has 2 aliphatic carbocycles. The van der Waals surface area contributed by atoms with E-state index in [4.69, 9.17) is 19.3 Å². The second-order valence-corrected chi connectivity index (χ2v) is 9.42. The van der Waals surface area contributed by atoms with Crippen LogP contribution in [0.25, 0.3) is 0 Å². The van der Waals surface area contributed by atoms with Crippen LogP contribution in [-0.2, 0) is 27.1 Å². The summed E-state index contributed by atoms with van der Waals surface area (Å²) in [6.07, 6.45) is 8.59. The van der Waals surface area contributed by atoms with E-state index in [-0.39, 0.29) is 31.0 Å². The van der Waals surface area contributed by atoms with Gasteiger partial charge in [0.05, 0.1) is 12.2 Å². The van der Waals surface area contributed by atoms with Gasteiger partial charge in [0.1, 0.15) is 5.75 Å². The van der Waals surface area contributed by atoms with Crippen LogP contribution in [0, 0.1) is 17.8 Å². The SMILES string of the molecule is CC[C@@H](CC[C@@H]1[C@H]2Cc3cccc(OCC(=O)O)c3C[C@H]2C[C@H]1O)OC1CCCCO1. The molecule has 1 unspecified atom stereocenters. The normalized spacial score (nSPS) is 31.0. The van der Waals surface area contributed by atoms with Crippen LogP contribution >= 0.6 is 0 Å². The van der Waals surface area contributed by atoms with Gasteiger partial charge in [-0.1, -0.05) is 19.1 Å². The Balaban J connectivity index is 1.38. The van der Waals surface area contributed by atoms with Crippen LogP contribution in [0.4, 0.5) is 0 Å². The minimum atomic E-state index is -0.964. The smallest absolute Gasteiger partial charge is 0.341 e. The molecule has 2 fully saturated rings. The summed E-state index contributed by atoms with van der Waals surface area (Å²) in [7, 11) is 0. The molecule has 1 saturated carbocycles. The molecule has 1 aliphatic heterocycles. The molecule has 31 heavy (non-hydrogen) atoms. The number of benzene rings is 1. The maximum Gasteiger partial charge on any atom is 0.341 e. The Bertz CT molecular complexity index is 744. The van der Waals surface area contributed by atoms with Crippen molar-refractivity contribution in [1.82, 2.24) is 0 Å². The van der Waals surface area contributed by atoms with Gasteiger partial charge in [-0.05, 0) is 92.7 Å². The van der Waals surface area contributed by atoms with Gasteiger partial charge in [0.2, 0.25) is 0 Å². The summed E-state index contributed by atoms with van der Waals surface area (Å²) < 4.78 is 17.5. The van der Waals surface area contributed by atoms with Gasteiger partial charge >= 0.3 is 5.97 Å². The Labute approximate surface area is 184 Å². The summed E-state index contributed by atoms with van der Waals surface area (Å²) >= 11 is 0. The topological polar surface area (TPSA) is 85.2 Å². The van der Waals surface area contributed by atoms with E-state index in [1.54, 1.807) is 0 Å². The van der Waals surface area contributed by atoms with Crippen molar-refractivity contribution in [2.75, 3.05) is 13.2 Å². The van der Waals surface area contributed by atoms with Gasteiger partial charge in [-0.3, -0.25) is 0 Å². The molecule has 0 aromatic heterocycles. The maximum absolute atomic E-state index is 10.9. The second kappa shape index (κ2) is 10.3. The highest BCUT2D eigenvalue weighted by atomic mass is 16.7. The molecular formula is C25H36O6. The van der Waals surface area contributed by atoms with E-state index in [1.807, 2.05) is 12.1 Å². The van der Waals surface area contributed by atoms with E-state index in [9.17, 15) is 9.90 Å². The van der Waals surface area contributed by atoms with Crippen molar-refractivity contribution in [3.05, 3.63) is 29.3 Å². The van der Waals surface area contributed by atoms with Crippen LogP contribution in [0.5, 0.6) is 5.75 Å². The van der Waals surface area contributed by atoms with E-state index >= 15 is 0 Å². The minimum absolute atomic E-state index is 0.0641. The highest BCUT2D eigenvalue weighted by Gasteiger charge is 2.45. The van der Waals surface area contributed by atoms with Crippen molar-refractivity contribution in [1.29, 1.82) is 0 Å². The number of carboxylic acids is 1. The Kier molecular flexibility index (Phi) is 7.51. The summed E-state index contributed by atoms with van der Waals surface area (Å²) in [5, 5.41) is 19.8. The molecule has 1 aromatic carbocycles. The van der Waals surface area contributed by atoms with Gasteiger partial charge in [-0.15, -0.1) is 0 Å². The summed E-state index contributed by atoms with van der Waals surface area (Å²) in [6.45, 7) is 2.64. The molecule has 6 atom stereocenters. The van der Waals surface area contributed by atoms with E-state index in [0.717, 1.165) is 63.5 Å². The van der Waals surface area contributed by atoms with E-state index in [2.05, 4.69) is 13.0 Å². The number of ether oxygens (including phenoxy) is 3. The second-order valence-electron chi connectivity index (χ2n) is 9.42. The van der Waals surface area contributed by atoms with Crippen molar-refractivity contribution in [2.45, 2.75) is 83.2 Å². The van der Waals surface area contributed by atoms with Crippen molar-refractivity contribution in [2.24, 2.45) is 17.8 Å². The van der Waals surface area contributed by atoms with E-state index < -0.39 is 5.97 Å². The zero-order valence-corrected chi connectivity index (χ0v) is 18.5. The standard InChI is InChI=1S/C25H36O6/c1-2-18(31-25-8-3-4-11-29-25)9-10-19-20-12-16-6-5-7-23(30-15-24(27)28)21(16)13-17(20)14-22(19)26/h5-7,17-20,22,25-26H,2-4,8-15H2,1H3,(H,27,28)/t17-,18-,19+,20-,22+,25?/m0/s1. The van der Waals surface area contributed by atoms with Gasteiger partial charge in [0.25, 0.3) is 0 Å². The van der Waals surface area contributed by atoms with Crippen molar-refractivity contribution in [3.8, 4) is 5.75 Å². The third-order valence-electron chi connectivity index (χ3n) is 7.46. The summed E-state index contributed by atoms with van der Waals surface area (Å²) in [5.74, 6) is 0.884. The van der Waals surface area contributed by atoms with E-state index in [0.29, 0.717) is 17.6 Å². The monoisotopic (exact) mass is 432 g/mol. The molecule has 1 saturated heterocycles. The molecule has 0 bridgehead atoms. The Morgan fingerprint density at radius 1 is 1.29 bits per heavy atom. The van der Waals surface area contributed by atoms with Gasteiger partial charge < -0.3 is 24.4 Å². The lowest BCUT2D eigenvalue weighted by molar-refractivity contribution is -0.190. The zero-order valence-electron chi connectivity index (χ0n) is 18.5. The molecule has 6 heteroatoms. The summed E-state index contributed by atoms with van der Waals surface area (Å²) in [5.41, 5.74) is 2.37. The van der Waals surface area contributed by atoms with Crippen LogP contribution < -0.4 is 4.74 Å². The molecule has 2 N–H and O–H groups in total. The average molecular weight is 433 g/mol. The van der Waals surface area contributed by atoms with Crippen molar-refractivity contribution in [3.63, 3.8) is 0 Å². The minimum Gasteiger partial charge on any atom is -0.482 e. The first kappa shape index (κ1) is 22.6. The number of hydrogen-bond acceptors (Lipinski definition) is 5. The van der Waals surface area contributed by atoms with Gasteiger partial charge in [0.15, 0.2) is 12.9 Å². The number of hydrogen-bond donors (Lipinski definition) is 2. The fourth-order valence-electron chi connectivity index (χ4n) is 5.86. The molecule has 0 spiro atoms. The average Bonchev–Trinajstić information content (AvgIpc) is 3.08. The molecular weight excluding hydrogens is 396 g/mol. The van der Waals surface area contributed by atoms with Crippen LogP contribution in [0.2, 0.25) is 0 Å². The fourth-order valence-corrected chi connectivity index (χ4v) is 5.86. The number of fused-ring (bicyclic) bond motifs is 2.